The predicted molar refractivity (Wildman–Crippen MR) is 59.7 cm³/mol. The molecule has 0 bridgehead atoms. The Labute approximate surface area is 94.8 Å². The molecule has 0 saturated carbocycles. The van der Waals surface area contributed by atoms with Gasteiger partial charge in [0.05, 0.1) is 7.11 Å². The van der Waals surface area contributed by atoms with E-state index in [0.29, 0.717) is 5.75 Å². The fraction of sp³-hybridized carbons (Fsp3) is 0.417. The summed E-state index contributed by atoms with van der Waals surface area (Å²) >= 11 is 0. The fourth-order valence-corrected chi connectivity index (χ4v) is 1.45. The summed E-state index contributed by atoms with van der Waals surface area (Å²) in [4.78, 5) is 11.1. The van der Waals surface area contributed by atoms with Crippen molar-refractivity contribution in [3.63, 3.8) is 0 Å². The zero-order valence-corrected chi connectivity index (χ0v) is 9.69. The van der Waals surface area contributed by atoms with Crippen LogP contribution in [0.4, 0.5) is 0 Å². The Morgan fingerprint density at radius 1 is 1.38 bits per heavy atom. The highest BCUT2D eigenvalue weighted by Gasteiger charge is 2.33. The van der Waals surface area contributed by atoms with E-state index < -0.39 is 11.6 Å². The number of aliphatic carboxylic acids is 1. The van der Waals surface area contributed by atoms with Gasteiger partial charge in [0.1, 0.15) is 5.75 Å². The van der Waals surface area contributed by atoms with Crippen molar-refractivity contribution in [2.45, 2.75) is 18.9 Å². The Bertz CT molecular complexity index is 375. The van der Waals surface area contributed by atoms with Crippen molar-refractivity contribution in [3.8, 4) is 5.75 Å². The van der Waals surface area contributed by atoms with Crippen molar-refractivity contribution in [1.29, 1.82) is 0 Å². The monoisotopic (exact) mass is 224 g/mol. The number of benzene rings is 1. The first-order valence-corrected chi connectivity index (χ1v) is 4.94. The first-order chi connectivity index (χ1) is 7.53. The second kappa shape index (κ2) is 4.99. The molecule has 0 aromatic heterocycles. The zero-order chi connectivity index (χ0) is 12.2. The lowest BCUT2D eigenvalue weighted by Gasteiger charge is -2.23. The van der Waals surface area contributed by atoms with Gasteiger partial charge in [-0.05, 0) is 18.6 Å². The maximum Gasteiger partial charge on any atom is 0.336 e. The Morgan fingerprint density at radius 3 is 2.50 bits per heavy atom. The van der Waals surface area contributed by atoms with Crippen LogP contribution in [0.5, 0.6) is 5.75 Å². The van der Waals surface area contributed by atoms with Crippen LogP contribution < -0.4 is 4.74 Å². The highest BCUT2D eigenvalue weighted by atomic mass is 16.5. The maximum atomic E-state index is 11.1. The molecule has 1 aromatic carbocycles. The SMILES string of the molecule is COc1ccccc1CC(C)(OC)C(=O)O. The summed E-state index contributed by atoms with van der Waals surface area (Å²) in [5.74, 6) is -0.312. The van der Waals surface area contributed by atoms with Gasteiger partial charge in [-0.15, -0.1) is 0 Å². The van der Waals surface area contributed by atoms with E-state index in [0.717, 1.165) is 5.56 Å². The van der Waals surface area contributed by atoms with E-state index in [1.54, 1.807) is 20.1 Å². The molecule has 0 radical (unpaired) electrons. The van der Waals surface area contributed by atoms with E-state index in [9.17, 15) is 4.79 Å². The van der Waals surface area contributed by atoms with Crippen molar-refractivity contribution in [3.05, 3.63) is 29.8 Å². The van der Waals surface area contributed by atoms with Gasteiger partial charge in [0.15, 0.2) is 5.60 Å². The van der Waals surface area contributed by atoms with Crippen molar-refractivity contribution in [2.75, 3.05) is 14.2 Å². The van der Waals surface area contributed by atoms with Gasteiger partial charge in [-0.25, -0.2) is 4.79 Å². The van der Waals surface area contributed by atoms with Gasteiger partial charge in [-0.2, -0.15) is 0 Å². The molecule has 0 fully saturated rings. The molecule has 0 aliphatic carbocycles. The van der Waals surface area contributed by atoms with Crippen LogP contribution in [-0.4, -0.2) is 30.9 Å². The van der Waals surface area contributed by atoms with Crippen LogP contribution in [0, 0.1) is 0 Å². The van der Waals surface area contributed by atoms with Crippen LogP contribution in [0.2, 0.25) is 0 Å². The number of carboxylic acids is 1. The Balaban J connectivity index is 2.98. The van der Waals surface area contributed by atoms with Crippen LogP contribution in [-0.2, 0) is 16.0 Å². The number of hydrogen-bond acceptors (Lipinski definition) is 3. The van der Waals surface area contributed by atoms with Crippen LogP contribution in [0.25, 0.3) is 0 Å². The normalized spacial score (nSPS) is 14.2. The van der Waals surface area contributed by atoms with E-state index in [-0.39, 0.29) is 6.42 Å². The first-order valence-electron chi connectivity index (χ1n) is 4.94. The Morgan fingerprint density at radius 2 is 2.00 bits per heavy atom. The standard InChI is InChI=1S/C12H16O4/c1-12(16-3,11(13)14)8-9-6-4-5-7-10(9)15-2/h4-7H,8H2,1-3H3,(H,13,14). The molecule has 0 spiro atoms. The van der Waals surface area contributed by atoms with Crippen LogP contribution in [0.3, 0.4) is 0 Å². The Hall–Kier alpha value is -1.55. The third-order valence-electron chi connectivity index (χ3n) is 2.62. The van der Waals surface area contributed by atoms with Crippen molar-refractivity contribution in [2.24, 2.45) is 0 Å². The number of hydrogen-bond donors (Lipinski definition) is 1. The van der Waals surface area contributed by atoms with Gasteiger partial charge in [-0.3, -0.25) is 0 Å². The van der Waals surface area contributed by atoms with Crippen molar-refractivity contribution < 1.29 is 19.4 Å². The molecule has 4 heteroatoms. The van der Waals surface area contributed by atoms with Crippen molar-refractivity contribution >= 4 is 5.97 Å². The number of methoxy groups -OCH3 is 2. The smallest absolute Gasteiger partial charge is 0.336 e. The number of carbonyl (C=O) groups is 1. The second-order valence-electron chi connectivity index (χ2n) is 3.73. The summed E-state index contributed by atoms with van der Waals surface area (Å²) < 4.78 is 10.2. The molecule has 1 N–H and O–H groups in total. The molecule has 16 heavy (non-hydrogen) atoms. The lowest BCUT2D eigenvalue weighted by molar-refractivity contribution is -0.159. The van der Waals surface area contributed by atoms with E-state index in [4.69, 9.17) is 14.6 Å². The van der Waals surface area contributed by atoms with Gasteiger partial charge in [-0.1, -0.05) is 18.2 Å². The number of para-hydroxylation sites is 1. The van der Waals surface area contributed by atoms with E-state index >= 15 is 0 Å². The molecule has 4 nitrogen and oxygen atoms in total. The first kappa shape index (κ1) is 12.5. The van der Waals surface area contributed by atoms with Gasteiger partial charge in [0.25, 0.3) is 0 Å². The molecule has 1 aromatic rings. The highest BCUT2D eigenvalue weighted by Crippen LogP contribution is 2.24. The molecule has 88 valence electrons. The van der Waals surface area contributed by atoms with Gasteiger partial charge in [0.2, 0.25) is 0 Å². The van der Waals surface area contributed by atoms with Gasteiger partial charge < -0.3 is 14.6 Å². The molecular weight excluding hydrogens is 208 g/mol. The molecule has 0 aliphatic heterocycles. The minimum absolute atomic E-state index is 0.267. The largest absolute Gasteiger partial charge is 0.496 e. The van der Waals surface area contributed by atoms with Crippen molar-refractivity contribution in [1.82, 2.24) is 0 Å². The summed E-state index contributed by atoms with van der Waals surface area (Å²) in [7, 11) is 2.95. The van der Waals surface area contributed by atoms with Gasteiger partial charge in [0, 0.05) is 13.5 Å². The van der Waals surface area contributed by atoms with Gasteiger partial charge >= 0.3 is 5.97 Å². The lowest BCUT2D eigenvalue weighted by Crippen LogP contribution is -2.39. The number of carboxylic acid groups (broad SMARTS) is 1. The lowest BCUT2D eigenvalue weighted by atomic mass is 9.96. The van der Waals surface area contributed by atoms with Crippen LogP contribution in [0.1, 0.15) is 12.5 Å². The molecule has 0 aliphatic rings. The third-order valence-corrected chi connectivity index (χ3v) is 2.62. The number of rotatable bonds is 5. The second-order valence-corrected chi connectivity index (χ2v) is 3.73. The van der Waals surface area contributed by atoms with E-state index in [2.05, 4.69) is 0 Å². The topological polar surface area (TPSA) is 55.8 Å². The summed E-state index contributed by atoms with van der Waals surface area (Å²) in [6.07, 6.45) is 0.267. The summed E-state index contributed by atoms with van der Waals surface area (Å²) in [6, 6.07) is 7.31. The average molecular weight is 224 g/mol. The minimum Gasteiger partial charge on any atom is -0.496 e. The van der Waals surface area contributed by atoms with E-state index in [1.165, 1.54) is 7.11 Å². The molecule has 0 saturated heterocycles. The Kier molecular flexibility index (Phi) is 3.90. The third kappa shape index (κ3) is 2.52. The fourth-order valence-electron chi connectivity index (χ4n) is 1.45. The summed E-state index contributed by atoms with van der Waals surface area (Å²) in [5.41, 5.74) is -0.411. The van der Waals surface area contributed by atoms with E-state index in [1.807, 2.05) is 18.2 Å². The molecule has 1 rings (SSSR count). The minimum atomic E-state index is -1.23. The summed E-state index contributed by atoms with van der Waals surface area (Å²) in [5, 5.41) is 9.09. The average Bonchev–Trinajstić information content (AvgIpc) is 2.29. The molecular formula is C12H16O4. The number of ether oxygens (including phenoxy) is 2. The highest BCUT2D eigenvalue weighted by molar-refractivity contribution is 5.77. The zero-order valence-electron chi connectivity index (χ0n) is 9.69. The summed E-state index contributed by atoms with van der Waals surface area (Å²) in [6.45, 7) is 1.54. The predicted octanol–water partition coefficient (Wildman–Crippen LogP) is 1.73. The molecule has 1 atom stereocenters. The maximum absolute atomic E-state index is 11.1. The molecule has 0 amide bonds. The molecule has 0 heterocycles. The quantitative estimate of drug-likeness (QED) is 0.827. The molecule has 1 unspecified atom stereocenters. The van der Waals surface area contributed by atoms with Crippen LogP contribution in [0.15, 0.2) is 24.3 Å². The van der Waals surface area contributed by atoms with Crippen LogP contribution >= 0.6 is 0 Å².